The summed E-state index contributed by atoms with van der Waals surface area (Å²) in [5.41, 5.74) is 11.0. The number of hydrogen-bond donors (Lipinski definition) is 0. The molecule has 0 heterocycles. The quantitative estimate of drug-likeness (QED) is 0.235. The van der Waals surface area contributed by atoms with Gasteiger partial charge in [0.2, 0.25) is 0 Å². The number of rotatable bonds is 7. The zero-order chi connectivity index (χ0) is 28.7. The molecule has 1 nitrogen and oxygen atoms in total. The second-order valence-electron chi connectivity index (χ2n) is 12.0. The molecule has 0 aromatic heterocycles. The van der Waals surface area contributed by atoms with Crippen molar-refractivity contribution in [2.75, 3.05) is 0 Å². The molecule has 0 saturated carbocycles. The van der Waals surface area contributed by atoms with Gasteiger partial charge in [-0.25, -0.2) is 0 Å². The highest BCUT2D eigenvalue weighted by atomic mass is 16.5. The molecule has 4 rings (SSSR count). The van der Waals surface area contributed by atoms with Crippen LogP contribution in [0, 0.1) is 13.8 Å². The minimum absolute atomic E-state index is 0.555. The lowest BCUT2D eigenvalue weighted by atomic mass is 9.90. The maximum absolute atomic E-state index is 5.85. The fourth-order valence-corrected chi connectivity index (χ4v) is 4.67. The first kappa shape index (κ1) is 30.2. The highest BCUT2D eigenvalue weighted by molar-refractivity contribution is 5.71. The Balaban J connectivity index is 0.000000216. The molecule has 1 heteroatoms. The largest absolute Gasteiger partial charge is 0.457 e. The third-order valence-electron chi connectivity index (χ3n) is 7.45. The van der Waals surface area contributed by atoms with Crippen molar-refractivity contribution in [1.29, 1.82) is 0 Å². The van der Waals surface area contributed by atoms with Crippen molar-refractivity contribution < 1.29 is 4.74 Å². The first-order valence-electron chi connectivity index (χ1n) is 14.6. The summed E-state index contributed by atoms with van der Waals surface area (Å²) >= 11 is 0. The van der Waals surface area contributed by atoms with Crippen LogP contribution in [-0.4, -0.2) is 0 Å². The van der Waals surface area contributed by atoms with Crippen LogP contribution in [-0.2, 0) is 0 Å². The second-order valence-corrected chi connectivity index (χ2v) is 12.0. The van der Waals surface area contributed by atoms with Gasteiger partial charge in [-0.3, -0.25) is 0 Å². The van der Waals surface area contributed by atoms with E-state index in [-0.39, 0.29) is 0 Å². The van der Waals surface area contributed by atoms with Crippen molar-refractivity contribution >= 4 is 0 Å². The highest BCUT2D eigenvalue weighted by Crippen LogP contribution is 2.31. The van der Waals surface area contributed by atoms with E-state index in [1.165, 1.54) is 44.5 Å². The van der Waals surface area contributed by atoms with Gasteiger partial charge in [0.25, 0.3) is 0 Å². The molecule has 0 aliphatic heterocycles. The van der Waals surface area contributed by atoms with E-state index in [1.807, 2.05) is 24.3 Å². The summed E-state index contributed by atoms with van der Waals surface area (Å²) in [4.78, 5) is 0. The molecule has 0 aliphatic carbocycles. The van der Waals surface area contributed by atoms with Crippen molar-refractivity contribution in [3.05, 3.63) is 118 Å². The molecule has 0 N–H and O–H groups in total. The van der Waals surface area contributed by atoms with Crippen molar-refractivity contribution in [2.24, 2.45) is 0 Å². The Morgan fingerprint density at radius 2 is 0.667 bits per heavy atom. The maximum Gasteiger partial charge on any atom is 0.127 e. The van der Waals surface area contributed by atoms with E-state index in [2.05, 4.69) is 130 Å². The average Bonchev–Trinajstić information content (AvgIpc) is 2.89. The van der Waals surface area contributed by atoms with E-state index in [0.717, 1.165) is 11.5 Å². The number of hydrogen-bond acceptors (Lipinski definition) is 1. The van der Waals surface area contributed by atoms with Crippen LogP contribution >= 0.6 is 0 Å². The van der Waals surface area contributed by atoms with Crippen LogP contribution in [0.2, 0.25) is 0 Å². The predicted molar refractivity (Wildman–Crippen MR) is 171 cm³/mol. The van der Waals surface area contributed by atoms with Crippen LogP contribution in [0.25, 0.3) is 11.1 Å². The summed E-state index contributed by atoms with van der Waals surface area (Å²) in [5, 5.41) is 0. The minimum atomic E-state index is 0.555. The normalized spacial score (nSPS) is 11.2. The fourth-order valence-electron chi connectivity index (χ4n) is 4.67. The van der Waals surface area contributed by atoms with E-state index in [0.29, 0.717) is 23.7 Å². The Labute approximate surface area is 238 Å². The monoisotopic (exact) mass is 520 g/mol. The molecule has 0 unspecified atom stereocenters. The van der Waals surface area contributed by atoms with Gasteiger partial charge in [-0.05, 0) is 106 Å². The predicted octanol–water partition coefficient (Wildman–Crippen LogP) is 11.9. The lowest BCUT2D eigenvalue weighted by Crippen LogP contribution is -1.94. The molecular formula is C38H48O. The highest BCUT2D eigenvalue weighted by Gasteiger charge is 2.09. The van der Waals surface area contributed by atoms with Crippen LogP contribution in [0.15, 0.2) is 84.9 Å². The lowest BCUT2D eigenvalue weighted by Gasteiger charge is -2.15. The molecule has 4 aromatic rings. The van der Waals surface area contributed by atoms with Gasteiger partial charge in [0.1, 0.15) is 11.5 Å². The topological polar surface area (TPSA) is 9.23 Å². The van der Waals surface area contributed by atoms with Crippen molar-refractivity contribution in [3.8, 4) is 22.6 Å². The number of aryl methyl sites for hydroxylation is 2. The molecular weight excluding hydrogens is 472 g/mol. The zero-order valence-corrected chi connectivity index (χ0v) is 25.8. The Bertz CT molecular complexity index is 1220. The van der Waals surface area contributed by atoms with Crippen LogP contribution in [0.3, 0.4) is 0 Å². The first-order chi connectivity index (χ1) is 18.5. The third kappa shape index (κ3) is 8.33. The summed E-state index contributed by atoms with van der Waals surface area (Å²) in [6.07, 6.45) is 0. The maximum atomic E-state index is 5.85. The molecule has 0 saturated heterocycles. The molecule has 4 aromatic carbocycles. The number of benzene rings is 4. The standard InChI is InChI=1S/C20H26.C18H22O/c1-13(2)17-7-9-19(15(5)11-17)20-10-8-18(14(3)4)12-16(20)6;1-13(2)15-5-9-17(10-6-15)19-18-11-7-16(8-12-18)14(3)4/h7-14H,1-6H3;5-14H,1-4H3. The summed E-state index contributed by atoms with van der Waals surface area (Å²) < 4.78 is 5.85. The van der Waals surface area contributed by atoms with E-state index < -0.39 is 0 Å². The van der Waals surface area contributed by atoms with Gasteiger partial charge in [-0.15, -0.1) is 0 Å². The zero-order valence-electron chi connectivity index (χ0n) is 25.8. The molecule has 39 heavy (non-hydrogen) atoms. The van der Waals surface area contributed by atoms with Gasteiger partial charge in [-0.1, -0.05) is 116 Å². The molecule has 0 radical (unpaired) electrons. The van der Waals surface area contributed by atoms with Gasteiger partial charge in [0.15, 0.2) is 0 Å². The Morgan fingerprint density at radius 1 is 0.385 bits per heavy atom. The van der Waals surface area contributed by atoms with Crippen LogP contribution < -0.4 is 4.74 Å². The summed E-state index contributed by atoms with van der Waals surface area (Å²) in [7, 11) is 0. The molecule has 0 fully saturated rings. The Morgan fingerprint density at radius 3 is 0.923 bits per heavy atom. The number of ether oxygens (including phenoxy) is 1. The van der Waals surface area contributed by atoms with E-state index in [4.69, 9.17) is 4.74 Å². The molecule has 206 valence electrons. The third-order valence-corrected chi connectivity index (χ3v) is 7.45. The summed E-state index contributed by atoms with van der Waals surface area (Å²) in [5.74, 6) is 4.07. The van der Waals surface area contributed by atoms with Gasteiger partial charge in [0, 0.05) is 0 Å². The Kier molecular flexibility index (Phi) is 10.6. The lowest BCUT2D eigenvalue weighted by molar-refractivity contribution is 0.482. The van der Waals surface area contributed by atoms with Crippen molar-refractivity contribution in [3.63, 3.8) is 0 Å². The molecule has 0 aliphatic rings. The SMILES string of the molecule is CC(C)c1ccc(Oc2ccc(C(C)C)cc2)cc1.Cc1cc(C(C)C)ccc1-c1ccc(C(C)C)cc1C. The van der Waals surface area contributed by atoms with Gasteiger partial charge < -0.3 is 4.74 Å². The van der Waals surface area contributed by atoms with E-state index in [9.17, 15) is 0 Å². The van der Waals surface area contributed by atoms with E-state index in [1.54, 1.807) is 0 Å². The van der Waals surface area contributed by atoms with Crippen LogP contribution in [0.5, 0.6) is 11.5 Å². The van der Waals surface area contributed by atoms with Gasteiger partial charge in [-0.2, -0.15) is 0 Å². The average molecular weight is 521 g/mol. The molecule has 0 spiro atoms. The van der Waals surface area contributed by atoms with Crippen LogP contribution in [0.1, 0.15) is 112 Å². The van der Waals surface area contributed by atoms with Crippen molar-refractivity contribution in [1.82, 2.24) is 0 Å². The summed E-state index contributed by atoms with van der Waals surface area (Å²) in [6, 6.07) is 30.4. The van der Waals surface area contributed by atoms with Gasteiger partial charge in [0.05, 0.1) is 0 Å². The minimum Gasteiger partial charge on any atom is -0.457 e. The van der Waals surface area contributed by atoms with Crippen LogP contribution in [0.4, 0.5) is 0 Å². The molecule has 0 bridgehead atoms. The second kappa shape index (κ2) is 13.7. The smallest absolute Gasteiger partial charge is 0.127 e. The van der Waals surface area contributed by atoms with Gasteiger partial charge >= 0.3 is 0 Å². The fraction of sp³-hybridized carbons (Fsp3) is 0.368. The first-order valence-corrected chi connectivity index (χ1v) is 14.6. The Hall–Kier alpha value is -3.32. The van der Waals surface area contributed by atoms with E-state index >= 15 is 0 Å². The summed E-state index contributed by atoms with van der Waals surface area (Å²) in [6.45, 7) is 22.2. The van der Waals surface area contributed by atoms with Crippen molar-refractivity contribution in [2.45, 2.75) is 92.9 Å². The molecule has 0 atom stereocenters. The molecule has 0 amide bonds.